The van der Waals surface area contributed by atoms with Gasteiger partial charge in [0.1, 0.15) is 0 Å². The lowest BCUT2D eigenvalue weighted by Crippen LogP contribution is -2.29. The van der Waals surface area contributed by atoms with Crippen molar-refractivity contribution in [1.82, 2.24) is 15.3 Å². The molecule has 0 saturated heterocycles. The predicted octanol–water partition coefficient (Wildman–Crippen LogP) is 3.13. The molecule has 1 aromatic carbocycles. The number of benzene rings is 1. The molecule has 2 rings (SSSR count). The monoisotopic (exact) mass is 333 g/mol. The molecular formula is C16H20ClN5O. The van der Waals surface area contributed by atoms with E-state index in [9.17, 15) is 4.79 Å². The molecule has 1 aromatic heterocycles. The van der Waals surface area contributed by atoms with Crippen molar-refractivity contribution in [3.05, 3.63) is 46.2 Å². The molecule has 23 heavy (non-hydrogen) atoms. The van der Waals surface area contributed by atoms with Crippen LogP contribution < -0.4 is 15.5 Å². The normalized spacial score (nSPS) is 10.3. The van der Waals surface area contributed by atoms with Crippen LogP contribution in [0.5, 0.6) is 0 Å². The van der Waals surface area contributed by atoms with Crippen LogP contribution in [0.1, 0.15) is 17.0 Å². The molecule has 0 radical (unpaired) electrons. The average molecular weight is 334 g/mol. The third-order valence-corrected chi connectivity index (χ3v) is 3.41. The Balaban J connectivity index is 1.99. The molecule has 1 heterocycles. The predicted molar refractivity (Wildman–Crippen MR) is 93.1 cm³/mol. The third kappa shape index (κ3) is 4.82. The Morgan fingerprint density at radius 1 is 1.22 bits per heavy atom. The average Bonchev–Trinajstić information content (AvgIpc) is 2.47. The Morgan fingerprint density at radius 2 is 1.96 bits per heavy atom. The Bertz CT molecular complexity index is 718. The molecule has 0 atom stereocenters. The highest BCUT2D eigenvalue weighted by Gasteiger charge is 2.08. The first-order valence-electron chi connectivity index (χ1n) is 7.18. The van der Waals surface area contributed by atoms with E-state index in [1.165, 1.54) is 0 Å². The molecule has 6 nitrogen and oxygen atoms in total. The number of aryl methyl sites for hydroxylation is 2. The molecule has 2 aromatic rings. The van der Waals surface area contributed by atoms with Crippen molar-refractivity contribution in [3.8, 4) is 0 Å². The van der Waals surface area contributed by atoms with Gasteiger partial charge in [-0.15, -0.1) is 0 Å². The number of hydrogen-bond acceptors (Lipinski definition) is 4. The van der Waals surface area contributed by atoms with E-state index in [4.69, 9.17) is 11.6 Å². The maximum absolute atomic E-state index is 12.0. The van der Waals surface area contributed by atoms with Crippen LogP contribution in [0.15, 0.2) is 24.3 Å². The van der Waals surface area contributed by atoms with Crippen molar-refractivity contribution in [2.75, 3.05) is 24.3 Å². The van der Waals surface area contributed by atoms with Gasteiger partial charge in [0.2, 0.25) is 5.95 Å². The van der Waals surface area contributed by atoms with Crippen molar-refractivity contribution in [2.45, 2.75) is 20.4 Å². The first-order valence-corrected chi connectivity index (χ1v) is 7.56. The SMILES string of the molecule is Cc1ccc(NC(=O)NCc2cc(C)nc(N(C)C)n2)c(Cl)c1. The van der Waals surface area contributed by atoms with E-state index in [1.54, 1.807) is 12.1 Å². The van der Waals surface area contributed by atoms with E-state index in [0.717, 1.165) is 17.0 Å². The molecule has 0 bridgehead atoms. The maximum atomic E-state index is 12.0. The summed E-state index contributed by atoms with van der Waals surface area (Å²) in [5.41, 5.74) is 3.20. The molecule has 0 aliphatic rings. The molecule has 122 valence electrons. The zero-order valence-corrected chi connectivity index (χ0v) is 14.4. The molecule has 0 aliphatic heterocycles. The van der Waals surface area contributed by atoms with Crippen molar-refractivity contribution >= 4 is 29.3 Å². The van der Waals surface area contributed by atoms with Gasteiger partial charge in [0.15, 0.2) is 0 Å². The number of carbonyl (C=O) groups excluding carboxylic acids is 1. The second-order valence-electron chi connectivity index (χ2n) is 5.49. The van der Waals surface area contributed by atoms with Gasteiger partial charge in [0, 0.05) is 19.8 Å². The zero-order valence-electron chi connectivity index (χ0n) is 13.6. The summed E-state index contributed by atoms with van der Waals surface area (Å²) in [6.07, 6.45) is 0. The number of urea groups is 1. The molecule has 0 saturated carbocycles. The minimum atomic E-state index is -0.335. The number of halogens is 1. The van der Waals surface area contributed by atoms with Gasteiger partial charge in [-0.3, -0.25) is 0 Å². The summed E-state index contributed by atoms with van der Waals surface area (Å²) in [7, 11) is 3.75. The summed E-state index contributed by atoms with van der Waals surface area (Å²) in [6, 6.07) is 6.97. The molecule has 0 spiro atoms. The molecule has 0 aliphatic carbocycles. The molecule has 7 heteroatoms. The lowest BCUT2D eigenvalue weighted by Gasteiger charge is -2.13. The van der Waals surface area contributed by atoms with Crippen LogP contribution in [0.4, 0.5) is 16.4 Å². The van der Waals surface area contributed by atoms with Crippen molar-refractivity contribution in [2.24, 2.45) is 0 Å². The summed E-state index contributed by atoms with van der Waals surface area (Å²) in [6.45, 7) is 4.14. The highest BCUT2D eigenvalue weighted by atomic mass is 35.5. The fraction of sp³-hybridized carbons (Fsp3) is 0.312. The second kappa shape index (κ2) is 7.28. The van der Waals surface area contributed by atoms with Crippen LogP contribution in [-0.4, -0.2) is 30.1 Å². The number of carbonyl (C=O) groups is 1. The lowest BCUT2D eigenvalue weighted by molar-refractivity contribution is 0.251. The second-order valence-corrected chi connectivity index (χ2v) is 5.89. The van der Waals surface area contributed by atoms with Gasteiger partial charge in [-0.1, -0.05) is 17.7 Å². The molecule has 2 N–H and O–H groups in total. The van der Waals surface area contributed by atoms with Crippen LogP contribution in [0.3, 0.4) is 0 Å². The third-order valence-electron chi connectivity index (χ3n) is 3.10. The van der Waals surface area contributed by atoms with Gasteiger partial charge in [-0.05, 0) is 37.6 Å². The zero-order chi connectivity index (χ0) is 17.0. The Labute approximate surface area is 140 Å². The molecule has 0 unspecified atom stereocenters. The fourth-order valence-electron chi connectivity index (χ4n) is 1.97. The maximum Gasteiger partial charge on any atom is 0.319 e. The Morgan fingerprint density at radius 3 is 2.61 bits per heavy atom. The summed E-state index contributed by atoms with van der Waals surface area (Å²) in [5, 5.41) is 6.00. The van der Waals surface area contributed by atoms with Crippen LogP contribution >= 0.6 is 11.6 Å². The number of anilines is 2. The van der Waals surface area contributed by atoms with E-state index >= 15 is 0 Å². The highest BCUT2D eigenvalue weighted by molar-refractivity contribution is 6.33. The van der Waals surface area contributed by atoms with Gasteiger partial charge < -0.3 is 15.5 Å². The number of nitrogens with zero attached hydrogens (tertiary/aromatic N) is 3. The number of amides is 2. The van der Waals surface area contributed by atoms with E-state index in [1.807, 2.05) is 45.0 Å². The summed E-state index contributed by atoms with van der Waals surface area (Å²) >= 11 is 6.10. The largest absolute Gasteiger partial charge is 0.347 e. The van der Waals surface area contributed by atoms with Crippen LogP contribution in [0.25, 0.3) is 0 Å². The van der Waals surface area contributed by atoms with Crippen molar-refractivity contribution in [3.63, 3.8) is 0 Å². The van der Waals surface area contributed by atoms with Gasteiger partial charge in [0.05, 0.1) is 22.9 Å². The van der Waals surface area contributed by atoms with E-state index in [-0.39, 0.29) is 6.03 Å². The van der Waals surface area contributed by atoms with E-state index < -0.39 is 0 Å². The topological polar surface area (TPSA) is 70.2 Å². The number of hydrogen-bond donors (Lipinski definition) is 2. The Kier molecular flexibility index (Phi) is 5.39. The van der Waals surface area contributed by atoms with Gasteiger partial charge in [0.25, 0.3) is 0 Å². The van der Waals surface area contributed by atoms with E-state index in [0.29, 0.717) is 23.2 Å². The van der Waals surface area contributed by atoms with Crippen molar-refractivity contribution in [1.29, 1.82) is 0 Å². The smallest absolute Gasteiger partial charge is 0.319 e. The number of rotatable bonds is 4. The number of nitrogens with one attached hydrogen (secondary N) is 2. The highest BCUT2D eigenvalue weighted by Crippen LogP contribution is 2.22. The van der Waals surface area contributed by atoms with E-state index in [2.05, 4.69) is 20.6 Å². The minimum Gasteiger partial charge on any atom is -0.347 e. The van der Waals surface area contributed by atoms with Crippen LogP contribution in [0, 0.1) is 13.8 Å². The fourth-order valence-corrected chi connectivity index (χ4v) is 2.25. The molecule has 2 amide bonds. The summed E-state index contributed by atoms with van der Waals surface area (Å²) in [5.74, 6) is 0.615. The number of aromatic nitrogens is 2. The molecule has 0 fully saturated rings. The quantitative estimate of drug-likeness (QED) is 0.901. The lowest BCUT2D eigenvalue weighted by atomic mass is 10.2. The summed E-state index contributed by atoms with van der Waals surface area (Å²) in [4.78, 5) is 22.5. The van der Waals surface area contributed by atoms with Crippen molar-refractivity contribution < 1.29 is 4.79 Å². The van der Waals surface area contributed by atoms with Gasteiger partial charge in [-0.25, -0.2) is 14.8 Å². The standard InChI is InChI=1S/C16H20ClN5O/c1-10-5-6-14(13(17)7-10)21-16(23)18-9-12-8-11(2)19-15(20-12)22(3)4/h5-8H,9H2,1-4H3,(H2,18,21,23). The van der Waals surface area contributed by atoms with Gasteiger partial charge >= 0.3 is 6.03 Å². The molecular weight excluding hydrogens is 314 g/mol. The van der Waals surface area contributed by atoms with Gasteiger partial charge in [-0.2, -0.15) is 0 Å². The van der Waals surface area contributed by atoms with Crippen LogP contribution in [0.2, 0.25) is 5.02 Å². The van der Waals surface area contributed by atoms with Crippen LogP contribution in [-0.2, 0) is 6.54 Å². The minimum absolute atomic E-state index is 0.305. The first-order chi connectivity index (χ1) is 10.8. The first kappa shape index (κ1) is 17.0. The summed E-state index contributed by atoms with van der Waals surface area (Å²) < 4.78 is 0. The Hall–Kier alpha value is -2.34.